The van der Waals surface area contributed by atoms with E-state index in [-0.39, 0.29) is 12.3 Å². The van der Waals surface area contributed by atoms with Crippen molar-refractivity contribution in [3.8, 4) is 0 Å². The fourth-order valence-electron chi connectivity index (χ4n) is 2.64. The van der Waals surface area contributed by atoms with Gasteiger partial charge in [0.25, 0.3) is 0 Å². The van der Waals surface area contributed by atoms with Crippen LogP contribution >= 0.6 is 0 Å². The van der Waals surface area contributed by atoms with Gasteiger partial charge in [0.2, 0.25) is 0 Å². The summed E-state index contributed by atoms with van der Waals surface area (Å²) in [6.07, 6.45) is -2.10. The Labute approximate surface area is 95.0 Å². The monoisotopic (exact) mass is 238 g/mol. The first kappa shape index (κ1) is 13.8. The van der Waals surface area contributed by atoms with Crippen molar-refractivity contribution < 1.29 is 18.3 Å². The molecule has 1 rings (SSSR count). The van der Waals surface area contributed by atoms with E-state index in [0.717, 1.165) is 12.8 Å². The maximum Gasteiger partial charge on any atom is 0.392 e. The molecular formula is C12H21F3O. The van der Waals surface area contributed by atoms with Crippen LogP contribution in [0.3, 0.4) is 0 Å². The molecule has 1 fully saturated rings. The van der Waals surface area contributed by atoms with Gasteiger partial charge < -0.3 is 5.11 Å². The van der Waals surface area contributed by atoms with Crippen LogP contribution in [-0.2, 0) is 0 Å². The van der Waals surface area contributed by atoms with Gasteiger partial charge in [-0.25, -0.2) is 0 Å². The summed E-state index contributed by atoms with van der Waals surface area (Å²) < 4.78 is 38.4. The number of alkyl halides is 3. The molecule has 0 aliphatic heterocycles. The lowest BCUT2D eigenvalue weighted by Crippen LogP contribution is -2.41. The molecule has 16 heavy (non-hydrogen) atoms. The number of aliphatic hydroxyl groups excluding tert-OH is 1. The van der Waals surface area contributed by atoms with Crippen molar-refractivity contribution in [1.82, 2.24) is 0 Å². The average molecular weight is 238 g/mol. The standard InChI is InChI=1S/C12H21F3O/c1-3-8(2)11(16)9-6-4-5-7-10(9)12(13,14)15/h8-11,16H,3-7H2,1-2H3. The minimum atomic E-state index is -4.15. The van der Waals surface area contributed by atoms with E-state index < -0.39 is 24.1 Å². The van der Waals surface area contributed by atoms with Crippen molar-refractivity contribution in [2.75, 3.05) is 0 Å². The van der Waals surface area contributed by atoms with Crippen LogP contribution in [0, 0.1) is 17.8 Å². The molecule has 4 unspecified atom stereocenters. The Morgan fingerprint density at radius 1 is 1.25 bits per heavy atom. The Balaban J connectivity index is 2.74. The molecule has 0 saturated heterocycles. The first-order valence-corrected chi connectivity index (χ1v) is 6.12. The fourth-order valence-corrected chi connectivity index (χ4v) is 2.64. The maximum atomic E-state index is 12.8. The molecular weight excluding hydrogens is 217 g/mol. The van der Waals surface area contributed by atoms with Crippen LogP contribution in [0.4, 0.5) is 13.2 Å². The molecule has 1 N–H and O–H groups in total. The Bertz CT molecular complexity index is 215. The van der Waals surface area contributed by atoms with E-state index in [1.54, 1.807) is 0 Å². The molecule has 0 radical (unpaired) electrons. The lowest BCUT2D eigenvalue weighted by Gasteiger charge is -2.37. The molecule has 0 aromatic carbocycles. The quantitative estimate of drug-likeness (QED) is 0.793. The average Bonchev–Trinajstić information content (AvgIpc) is 2.26. The normalized spacial score (nSPS) is 31.1. The molecule has 1 aliphatic rings. The van der Waals surface area contributed by atoms with Gasteiger partial charge in [-0.3, -0.25) is 0 Å². The molecule has 0 amide bonds. The fraction of sp³-hybridized carbons (Fsp3) is 1.00. The van der Waals surface area contributed by atoms with E-state index in [2.05, 4.69) is 0 Å². The molecule has 4 heteroatoms. The van der Waals surface area contributed by atoms with Crippen LogP contribution in [-0.4, -0.2) is 17.4 Å². The second kappa shape index (κ2) is 5.39. The summed E-state index contributed by atoms with van der Waals surface area (Å²) in [7, 11) is 0. The first-order chi connectivity index (χ1) is 7.38. The van der Waals surface area contributed by atoms with Gasteiger partial charge >= 0.3 is 6.18 Å². The highest BCUT2D eigenvalue weighted by Gasteiger charge is 2.48. The van der Waals surface area contributed by atoms with Gasteiger partial charge in [-0.15, -0.1) is 0 Å². The summed E-state index contributed by atoms with van der Waals surface area (Å²) in [6, 6.07) is 0. The number of aliphatic hydroxyl groups is 1. The Hall–Kier alpha value is -0.250. The van der Waals surface area contributed by atoms with Crippen molar-refractivity contribution in [2.24, 2.45) is 17.8 Å². The molecule has 1 nitrogen and oxygen atoms in total. The number of hydrogen-bond acceptors (Lipinski definition) is 1. The van der Waals surface area contributed by atoms with E-state index in [0.29, 0.717) is 12.8 Å². The smallest absolute Gasteiger partial charge is 0.392 e. The van der Waals surface area contributed by atoms with Gasteiger partial charge in [0.15, 0.2) is 0 Å². The summed E-state index contributed by atoms with van der Waals surface area (Å²) in [5.41, 5.74) is 0. The van der Waals surface area contributed by atoms with Crippen molar-refractivity contribution >= 4 is 0 Å². The minimum Gasteiger partial charge on any atom is -0.393 e. The highest BCUT2D eigenvalue weighted by Crippen LogP contribution is 2.44. The number of rotatable bonds is 3. The summed E-state index contributed by atoms with van der Waals surface area (Å²) >= 11 is 0. The molecule has 4 atom stereocenters. The molecule has 0 aromatic heterocycles. The molecule has 96 valence electrons. The zero-order valence-electron chi connectivity index (χ0n) is 9.93. The summed E-state index contributed by atoms with van der Waals surface area (Å²) in [5, 5.41) is 9.98. The van der Waals surface area contributed by atoms with E-state index in [4.69, 9.17) is 0 Å². The van der Waals surface area contributed by atoms with Crippen molar-refractivity contribution in [3.63, 3.8) is 0 Å². The van der Waals surface area contributed by atoms with Gasteiger partial charge in [0.1, 0.15) is 0 Å². The molecule has 0 aromatic rings. The third-order valence-electron chi connectivity index (χ3n) is 3.91. The number of halogens is 3. The molecule has 0 bridgehead atoms. The lowest BCUT2D eigenvalue weighted by molar-refractivity contribution is -0.209. The van der Waals surface area contributed by atoms with Gasteiger partial charge in [0.05, 0.1) is 12.0 Å². The molecule has 0 heterocycles. The van der Waals surface area contributed by atoms with E-state index in [9.17, 15) is 18.3 Å². The van der Waals surface area contributed by atoms with E-state index >= 15 is 0 Å². The van der Waals surface area contributed by atoms with Gasteiger partial charge in [-0.2, -0.15) is 13.2 Å². The van der Waals surface area contributed by atoms with Crippen molar-refractivity contribution in [2.45, 2.75) is 58.2 Å². The second-order valence-electron chi connectivity index (χ2n) is 4.97. The third-order valence-corrected chi connectivity index (χ3v) is 3.91. The largest absolute Gasteiger partial charge is 0.393 e. The Morgan fingerprint density at radius 2 is 1.81 bits per heavy atom. The highest BCUT2D eigenvalue weighted by molar-refractivity contribution is 4.86. The highest BCUT2D eigenvalue weighted by atomic mass is 19.4. The summed E-state index contributed by atoms with van der Waals surface area (Å²) in [5.74, 6) is -1.94. The maximum absolute atomic E-state index is 12.8. The van der Waals surface area contributed by atoms with Crippen LogP contribution in [0.15, 0.2) is 0 Å². The van der Waals surface area contributed by atoms with Crippen LogP contribution in [0.5, 0.6) is 0 Å². The summed E-state index contributed by atoms with van der Waals surface area (Å²) in [4.78, 5) is 0. The van der Waals surface area contributed by atoms with Gasteiger partial charge in [-0.05, 0) is 24.7 Å². The predicted molar refractivity (Wildman–Crippen MR) is 57.0 cm³/mol. The molecule has 0 spiro atoms. The summed E-state index contributed by atoms with van der Waals surface area (Å²) in [6.45, 7) is 3.73. The zero-order chi connectivity index (χ0) is 12.3. The Morgan fingerprint density at radius 3 is 2.31 bits per heavy atom. The van der Waals surface area contributed by atoms with Crippen LogP contribution in [0.1, 0.15) is 46.0 Å². The first-order valence-electron chi connectivity index (χ1n) is 6.12. The minimum absolute atomic E-state index is 0.0482. The Kier molecular flexibility index (Phi) is 4.65. The number of hydrogen-bond donors (Lipinski definition) is 1. The van der Waals surface area contributed by atoms with Crippen molar-refractivity contribution in [1.29, 1.82) is 0 Å². The van der Waals surface area contributed by atoms with Crippen LogP contribution in [0.2, 0.25) is 0 Å². The van der Waals surface area contributed by atoms with Gasteiger partial charge in [-0.1, -0.05) is 33.1 Å². The predicted octanol–water partition coefficient (Wildman–Crippen LogP) is 3.76. The zero-order valence-corrected chi connectivity index (χ0v) is 9.93. The SMILES string of the molecule is CCC(C)C(O)C1CCCCC1C(F)(F)F. The molecule has 1 saturated carbocycles. The van der Waals surface area contributed by atoms with E-state index in [1.807, 2.05) is 13.8 Å². The van der Waals surface area contributed by atoms with Crippen LogP contribution < -0.4 is 0 Å². The molecule has 1 aliphatic carbocycles. The lowest BCUT2D eigenvalue weighted by atomic mass is 9.72. The van der Waals surface area contributed by atoms with Crippen molar-refractivity contribution in [3.05, 3.63) is 0 Å². The van der Waals surface area contributed by atoms with E-state index in [1.165, 1.54) is 0 Å². The van der Waals surface area contributed by atoms with Gasteiger partial charge in [0, 0.05) is 0 Å². The topological polar surface area (TPSA) is 20.2 Å². The third kappa shape index (κ3) is 3.12. The second-order valence-corrected chi connectivity index (χ2v) is 4.97. The van der Waals surface area contributed by atoms with Crippen LogP contribution in [0.25, 0.3) is 0 Å².